The van der Waals surface area contributed by atoms with Crippen LogP contribution in [0.4, 0.5) is 18.9 Å². The quantitative estimate of drug-likeness (QED) is 0.100. The van der Waals surface area contributed by atoms with Gasteiger partial charge in [0.05, 0.1) is 24.7 Å². The molecule has 0 fully saturated rings. The van der Waals surface area contributed by atoms with E-state index in [-0.39, 0.29) is 34.9 Å². The number of rotatable bonds is 12. The molecule has 0 aliphatic carbocycles. The lowest BCUT2D eigenvalue weighted by atomic mass is 10.0. The van der Waals surface area contributed by atoms with Crippen molar-refractivity contribution in [2.24, 2.45) is 0 Å². The molecule has 5 aromatic carbocycles. The van der Waals surface area contributed by atoms with E-state index in [4.69, 9.17) is 9.47 Å². The number of halogens is 3. The van der Waals surface area contributed by atoms with Crippen LogP contribution >= 0.6 is 0 Å². The fourth-order valence-electron chi connectivity index (χ4n) is 5.39. The molecule has 0 saturated heterocycles. The third kappa shape index (κ3) is 9.63. The Bertz CT molecular complexity index is 2080. The number of hydrogen-bond donors (Lipinski definition) is 2. The van der Waals surface area contributed by atoms with Crippen LogP contribution in [0.2, 0.25) is 0 Å². The number of hydrogen-bond acceptors (Lipinski definition) is 6. The van der Waals surface area contributed by atoms with Crippen LogP contribution in [-0.4, -0.2) is 47.4 Å². The highest BCUT2D eigenvalue weighted by atomic mass is 19.4. The molecule has 5 rings (SSSR count). The molecule has 266 valence electrons. The number of methoxy groups -OCH3 is 1. The SMILES string of the molecule is COc1ccc(CC(=O)Nc2ccc(C(=O)N(CC(=O)O)Cc3ccc(OC(=O)c4ccc(-c5cccc(C)c5)cc4)cc3)cc2)c(C(F)(F)F)c1. The van der Waals surface area contributed by atoms with E-state index >= 15 is 0 Å². The van der Waals surface area contributed by atoms with E-state index in [1.807, 2.05) is 43.3 Å². The molecular weight excluding hydrogens is 677 g/mol. The zero-order valence-electron chi connectivity index (χ0n) is 28.1. The van der Waals surface area contributed by atoms with Crippen LogP contribution in [-0.2, 0) is 28.7 Å². The molecule has 0 unspecified atom stereocenters. The summed E-state index contributed by atoms with van der Waals surface area (Å²) in [6.07, 6.45) is -5.26. The summed E-state index contributed by atoms with van der Waals surface area (Å²) in [5.74, 6) is -2.87. The lowest BCUT2D eigenvalue weighted by molar-refractivity contribution is -0.139. The van der Waals surface area contributed by atoms with Gasteiger partial charge in [0.2, 0.25) is 5.91 Å². The first-order chi connectivity index (χ1) is 24.8. The van der Waals surface area contributed by atoms with Crippen molar-refractivity contribution in [1.29, 1.82) is 0 Å². The Morgan fingerprint density at radius 3 is 2.04 bits per heavy atom. The molecule has 0 aliphatic rings. The van der Waals surface area contributed by atoms with Crippen molar-refractivity contribution in [1.82, 2.24) is 4.90 Å². The van der Waals surface area contributed by atoms with Gasteiger partial charge >= 0.3 is 18.1 Å². The van der Waals surface area contributed by atoms with Gasteiger partial charge in [-0.3, -0.25) is 14.4 Å². The van der Waals surface area contributed by atoms with Crippen molar-refractivity contribution in [3.63, 3.8) is 0 Å². The third-order valence-electron chi connectivity index (χ3n) is 7.98. The van der Waals surface area contributed by atoms with E-state index in [0.29, 0.717) is 11.1 Å². The first-order valence-corrected chi connectivity index (χ1v) is 15.9. The fraction of sp³-hybridized carbons (Fsp3) is 0.150. The number of nitrogens with one attached hydrogen (secondary N) is 1. The van der Waals surface area contributed by atoms with Crippen LogP contribution in [0.15, 0.2) is 115 Å². The Labute approximate surface area is 297 Å². The maximum absolute atomic E-state index is 13.5. The first kappa shape index (κ1) is 36.8. The number of aryl methyl sites for hydroxylation is 1. The van der Waals surface area contributed by atoms with Crippen LogP contribution < -0.4 is 14.8 Å². The number of carbonyl (C=O) groups is 4. The number of carbonyl (C=O) groups excluding carboxylic acids is 3. The van der Waals surface area contributed by atoms with Crippen molar-refractivity contribution in [3.05, 3.63) is 149 Å². The van der Waals surface area contributed by atoms with Gasteiger partial charge < -0.3 is 24.8 Å². The lowest BCUT2D eigenvalue weighted by Gasteiger charge is -2.21. The van der Waals surface area contributed by atoms with Gasteiger partial charge in [-0.05, 0) is 89.8 Å². The Morgan fingerprint density at radius 1 is 0.769 bits per heavy atom. The molecule has 0 atom stereocenters. The highest BCUT2D eigenvalue weighted by Gasteiger charge is 2.34. The number of esters is 1. The second kappa shape index (κ2) is 16.1. The maximum atomic E-state index is 13.5. The van der Waals surface area contributed by atoms with Crippen molar-refractivity contribution >= 4 is 29.4 Å². The minimum atomic E-state index is -4.70. The van der Waals surface area contributed by atoms with Gasteiger partial charge in [0, 0.05) is 17.8 Å². The fourth-order valence-corrected chi connectivity index (χ4v) is 5.39. The summed E-state index contributed by atoms with van der Waals surface area (Å²) < 4.78 is 51.0. The summed E-state index contributed by atoms with van der Waals surface area (Å²) in [5, 5.41) is 12.0. The number of benzene rings is 5. The molecule has 0 saturated carbocycles. The molecule has 9 nitrogen and oxygen atoms in total. The normalized spacial score (nSPS) is 11.0. The van der Waals surface area contributed by atoms with Crippen molar-refractivity contribution < 1.29 is 46.9 Å². The molecule has 0 aromatic heterocycles. The predicted molar refractivity (Wildman–Crippen MR) is 187 cm³/mol. The van der Waals surface area contributed by atoms with Gasteiger partial charge in [-0.2, -0.15) is 13.2 Å². The zero-order chi connectivity index (χ0) is 37.4. The largest absolute Gasteiger partial charge is 0.497 e. The molecule has 2 N–H and O–H groups in total. The van der Waals surface area contributed by atoms with E-state index in [2.05, 4.69) is 5.32 Å². The number of nitrogens with zero attached hydrogens (tertiary/aromatic N) is 1. The van der Waals surface area contributed by atoms with E-state index in [9.17, 15) is 37.5 Å². The average molecular weight is 711 g/mol. The molecule has 0 radical (unpaired) electrons. The number of alkyl halides is 3. The second-order valence-electron chi connectivity index (χ2n) is 11.9. The van der Waals surface area contributed by atoms with Crippen LogP contribution in [0.3, 0.4) is 0 Å². The third-order valence-corrected chi connectivity index (χ3v) is 7.98. The number of aliphatic carboxylic acids is 1. The topological polar surface area (TPSA) is 122 Å². The highest BCUT2D eigenvalue weighted by Crippen LogP contribution is 2.35. The average Bonchev–Trinajstić information content (AvgIpc) is 3.11. The van der Waals surface area contributed by atoms with Gasteiger partial charge in [0.1, 0.15) is 18.0 Å². The van der Waals surface area contributed by atoms with Crippen molar-refractivity contribution in [2.45, 2.75) is 26.1 Å². The van der Waals surface area contributed by atoms with Gasteiger partial charge in [-0.15, -0.1) is 0 Å². The molecule has 0 aliphatic heterocycles. The standard InChI is InChI=1S/C40H33F3N2O7/c1-25-4-3-5-30(20-25)27-8-10-29(11-9-27)39(50)52-33-17-6-26(7-18-33)23-45(24-37(47)48)38(49)28-12-15-32(16-13-28)44-36(46)21-31-14-19-34(51-2)22-35(31)40(41,42)43/h3-20,22H,21,23-24H2,1-2H3,(H,44,46)(H,47,48). The summed E-state index contributed by atoms with van der Waals surface area (Å²) >= 11 is 0. The summed E-state index contributed by atoms with van der Waals surface area (Å²) in [5.41, 5.74) is 3.15. The van der Waals surface area contributed by atoms with Crippen LogP contribution in [0.25, 0.3) is 11.1 Å². The Morgan fingerprint density at radius 2 is 1.42 bits per heavy atom. The van der Waals surface area contributed by atoms with Gasteiger partial charge in [0.25, 0.3) is 5.91 Å². The summed E-state index contributed by atoms with van der Waals surface area (Å²) in [7, 11) is 1.24. The number of carboxylic acids is 1. The van der Waals surface area contributed by atoms with E-state index in [0.717, 1.165) is 27.7 Å². The molecule has 52 heavy (non-hydrogen) atoms. The van der Waals surface area contributed by atoms with Crippen LogP contribution in [0.1, 0.15) is 43.0 Å². The molecule has 12 heteroatoms. The second-order valence-corrected chi connectivity index (χ2v) is 11.9. The van der Waals surface area contributed by atoms with Crippen LogP contribution in [0.5, 0.6) is 11.5 Å². The first-order valence-electron chi connectivity index (χ1n) is 15.9. The monoisotopic (exact) mass is 710 g/mol. The molecule has 0 spiro atoms. The Kier molecular flexibility index (Phi) is 11.4. The van der Waals surface area contributed by atoms with Crippen LogP contribution in [0, 0.1) is 6.92 Å². The lowest BCUT2D eigenvalue weighted by Crippen LogP contribution is -2.35. The number of anilines is 1. The minimum Gasteiger partial charge on any atom is -0.497 e. The Balaban J connectivity index is 1.19. The predicted octanol–water partition coefficient (Wildman–Crippen LogP) is 7.82. The Hall–Kier alpha value is -6.43. The number of carboxylic acid groups (broad SMARTS) is 1. The van der Waals surface area contributed by atoms with E-state index in [1.54, 1.807) is 36.4 Å². The number of amides is 2. The van der Waals surface area contributed by atoms with Crippen molar-refractivity contribution in [2.75, 3.05) is 19.0 Å². The van der Waals surface area contributed by atoms with Gasteiger partial charge in [0.15, 0.2) is 0 Å². The molecule has 2 amide bonds. The molecular formula is C40H33F3N2O7. The van der Waals surface area contributed by atoms with E-state index < -0.39 is 48.5 Å². The summed E-state index contributed by atoms with van der Waals surface area (Å²) in [6.45, 7) is 1.31. The zero-order valence-corrected chi connectivity index (χ0v) is 28.1. The minimum absolute atomic E-state index is 0.00295. The van der Waals surface area contributed by atoms with Crippen molar-refractivity contribution in [3.8, 4) is 22.6 Å². The number of ether oxygens (including phenoxy) is 2. The maximum Gasteiger partial charge on any atom is 0.416 e. The summed E-state index contributed by atoms with van der Waals surface area (Å²) in [6, 6.07) is 30.2. The summed E-state index contributed by atoms with van der Waals surface area (Å²) in [4.78, 5) is 51.5. The molecule has 0 heterocycles. The molecule has 5 aromatic rings. The van der Waals surface area contributed by atoms with Gasteiger partial charge in [-0.1, -0.05) is 60.2 Å². The molecule has 0 bridgehead atoms. The highest BCUT2D eigenvalue weighted by molar-refractivity contribution is 5.97. The van der Waals surface area contributed by atoms with Gasteiger partial charge in [-0.25, -0.2) is 4.79 Å². The van der Waals surface area contributed by atoms with E-state index in [1.165, 1.54) is 43.5 Å². The smallest absolute Gasteiger partial charge is 0.416 e.